The largest absolute Gasteiger partial charge is 0.480 e. The molecule has 128 valence electrons. The van der Waals surface area contributed by atoms with Gasteiger partial charge in [-0.15, -0.1) is 0 Å². The Morgan fingerprint density at radius 2 is 1.55 bits per heavy atom. The second-order valence-electron chi connectivity index (χ2n) is 6.09. The number of aliphatic carboxylic acids is 1. The summed E-state index contributed by atoms with van der Waals surface area (Å²) in [6.07, 6.45) is 0.289. The molecule has 0 aromatic rings. The Hall–Kier alpha value is -1.51. The second kappa shape index (κ2) is 8.82. The van der Waals surface area contributed by atoms with E-state index < -0.39 is 42.5 Å². The second-order valence-corrected chi connectivity index (χ2v) is 6.09. The number of amides is 2. The molecule has 22 heavy (non-hydrogen) atoms. The van der Waals surface area contributed by atoms with E-state index in [4.69, 9.17) is 16.6 Å². The van der Waals surface area contributed by atoms with Crippen LogP contribution in [0.4, 0.5) is 0 Å². The van der Waals surface area contributed by atoms with E-state index in [1.165, 1.54) is 0 Å². The highest BCUT2D eigenvalue weighted by molar-refractivity contribution is 6.03. The maximum Gasteiger partial charge on any atom is 0.329 e. The van der Waals surface area contributed by atoms with Gasteiger partial charge in [-0.2, -0.15) is 0 Å². The van der Waals surface area contributed by atoms with Gasteiger partial charge in [0.1, 0.15) is 0 Å². The molecule has 0 aliphatic carbocycles. The lowest BCUT2D eigenvalue weighted by Gasteiger charge is -2.31. The summed E-state index contributed by atoms with van der Waals surface area (Å²) in [6.45, 7) is 6.15. The molecular formula is C14H27N3O5. The molecule has 0 aromatic heterocycles. The zero-order valence-corrected chi connectivity index (χ0v) is 13.5. The minimum Gasteiger partial charge on any atom is -0.480 e. The number of aliphatic hydroxyl groups is 1. The van der Waals surface area contributed by atoms with Gasteiger partial charge in [0.15, 0.2) is 6.04 Å². The summed E-state index contributed by atoms with van der Waals surface area (Å²) in [5, 5.41) is 18.4. The first kappa shape index (κ1) is 20.5. The summed E-state index contributed by atoms with van der Waals surface area (Å²) in [5.74, 6) is -3.38. The predicted octanol–water partition coefficient (Wildman–Crippen LogP) is -0.856. The zero-order valence-electron chi connectivity index (χ0n) is 13.5. The number of carbonyl (C=O) groups is 3. The number of aliphatic hydroxyl groups excluding tert-OH is 1. The molecule has 2 amide bonds. The fourth-order valence-corrected chi connectivity index (χ4v) is 1.92. The van der Waals surface area contributed by atoms with Crippen molar-refractivity contribution in [2.24, 2.45) is 23.3 Å². The van der Waals surface area contributed by atoms with E-state index >= 15 is 0 Å². The van der Waals surface area contributed by atoms with Crippen molar-refractivity contribution in [3.05, 3.63) is 0 Å². The Morgan fingerprint density at radius 1 is 1.05 bits per heavy atom. The molecule has 3 atom stereocenters. The van der Waals surface area contributed by atoms with E-state index in [9.17, 15) is 19.5 Å². The number of nitrogens with zero attached hydrogens (tertiary/aromatic N) is 1. The summed E-state index contributed by atoms with van der Waals surface area (Å²) in [7, 11) is 0. The summed E-state index contributed by atoms with van der Waals surface area (Å²) in [4.78, 5) is 36.5. The molecule has 8 heteroatoms. The van der Waals surface area contributed by atoms with Crippen LogP contribution in [0.15, 0.2) is 0 Å². The minimum absolute atomic E-state index is 0.0899. The lowest BCUT2D eigenvalue weighted by Crippen LogP contribution is -2.60. The van der Waals surface area contributed by atoms with Crippen molar-refractivity contribution in [2.45, 2.75) is 52.2 Å². The summed E-state index contributed by atoms with van der Waals surface area (Å²) < 4.78 is 0. The molecule has 0 saturated heterocycles. The third kappa shape index (κ3) is 5.36. The molecule has 3 unspecified atom stereocenters. The van der Waals surface area contributed by atoms with Gasteiger partial charge in [-0.1, -0.05) is 27.7 Å². The molecule has 0 rings (SSSR count). The van der Waals surface area contributed by atoms with Crippen LogP contribution >= 0.6 is 0 Å². The van der Waals surface area contributed by atoms with Gasteiger partial charge in [0.25, 0.3) is 0 Å². The van der Waals surface area contributed by atoms with Crippen LogP contribution in [-0.2, 0) is 14.4 Å². The van der Waals surface area contributed by atoms with Gasteiger partial charge in [-0.3, -0.25) is 14.5 Å². The van der Waals surface area contributed by atoms with Crippen molar-refractivity contribution in [3.63, 3.8) is 0 Å². The molecule has 0 spiro atoms. The number of carboxylic acid groups (broad SMARTS) is 1. The van der Waals surface area contributed by atoms with Crippen LogP contribution in [0.2, 0.25) is 0 Å². The highest BCUT2D eigenvalue weighted by atomic mass is 16.4. The van der Waals surface area contributed by atoms with Gasteiger partial charge in [-0.05, 0) is 18.3 Å². The van der Waals surface area contributed by atoms with Crippen molar-refractivity contribution in [1.82, 2.24) is 4.90 Å². The average molecular weight is 317 g/mol. The van der Waals surface area contributed by atoms with Crippen molar-refractivity contribution < 1.29 is 24.6 Å². The molecule has 0 heterocycles. The van der Waals surface area contributed by atoms with E-state index in [2.05, 4.69) is 0 Å². The van der Waals surface area contributed by atoms with E-state index in [1.54, 1.807) is 13.8 Å². The number of hydrogen-bond acceptors (Lipinski definition) is 6. The highest BCUT2D eigenvalue weighted by Gasteiger charge is 2.39. The first-order valence-corrected chi connectivity index (χ1v) is 7.26. The van der Waals surface area contributed by atoms with Crippen molar-refractivity contribution in [3.8, 4) is 0 Å². The van der Waals surface area contributed by atoms with Gasteiger partial charge in [0, 0.05) is 0 Å². The average Bonchev–Trinajstić information content (AvgIpc) is 2.40. The predicted molar refractivity (Wildman–Crippen MR) is 80.6 cm³/mol. The normalized spacial score (nSPS) is 15.5. The lowest BCUT2D eigenvalue weighted by molar-refractivity contribution is -0.161. The smallest absolute Gasteiger partial charge is 0.329 e. The number of hydrogen-bond donors (Lipinski definition) is 4. The fraction of sp³-hybridized carbons (Fsp3) is 0.786. The monoisotopic (exact) mass is 317 g/mol. The Morgan fingerprint density at radius 3 is 1.86 bits per heavy atom. The Kier molecular flexibility index (Phi) is 8.21. The van der Waals surface area contributed by atoms with Crippen LogP contribution in [0.5, 0.6) is 0 Å². The first-order chi connectivity index (χ1) is 10.0. The van der Waals surface area contributed by atoms with Crippen LogP contribution < -0.4 is 11.5 Å². The maximum atomic E-state index is 12.4. The standard InChI is InChI=1S/C14H27N3O5/c1-7(2)5-9(15)12(19)17(10(6-18)14(21)22)13(20)11(16)8(3)4/h7-11,18H,5-6,15-16H2,1-4H3,(H,21,22). The van der Waals surface area contributed by atoms with E-state index in [0.717, 1.165) is 0 Å². The van der Waals surface area contributed by atoms with Crippen molar-refractivity contribution in [2.75, 3.05) is 6.61 Å². The Balaban J connectivity index is 5.55. The number of nitrogens with two attached hydrogens (primary N) is 2. The topological polar surface area (TPSA) is 147 Å². The molecule has 0 aliphatic rings. The lowest BCUT2D eigenvalue weighted by atomic mass is 9.99. The van der Waals surface area contributed by atoms with Gasteiger partial charge in [0.2, 0.25) is 11.8 Å². The van der Waals surface area contributed by atoms with Crippen LogP contribution in [0.1, 0.15) is 34.1 Å². The zero-order chi connectivity index (χ0) is 17.6. The van der Waals surface area contributed by atoms with Gasteiger partial charge in [0.05, 0.1) is 18.7 Å². The SMILES string of the molecule is CC(C)CC(N)C(=O)N(C(=O)C(N)C(C)C)C(CO)C(=O)O. The third-order valence-electron chi connectivity index (χ3n) is 3.29. The van der Waals surface area contributed by atoms with Crippen molar-refractivity contribution in [1.29, 1.82) is 0 Å². The number of rotatable bonds is 8. The number of imide groups is 1. The molecule has 6 N–H and O–H groups in total. The van der Waals surface area contributed by atoms with Crippen LogP contribution in [0.3, 0.4) is 0 Å². The summed E-state index contributed by atoms with van der Waals surface area (Å²) in [6, 6.07) is -3.77. The third-order valence-corrected chi connectivity index (χ3v) is 3.29. The van der Waals surface area contributed by atoms with Gasteiger partial charge >= 0.3 is 5.97 Å². The van der Waals surface area contributed by atoms with Crippen LogP contribution in [0, 0.1) is 11.8 Å². The van der Waals surface area contributed by atoms with E-state index in [0.29, 0.717) is 4.90 Å². The molecule has 8 nitrogen and oxygen atoms in total. The summed E-state index contributed by atoms with van der Waals surface area (Å²) >= 11 is 0. The molecule has 0 aromatic carbocycles. The highest BCUT2D eigenvalue weighted by Crippen LogP contribution is 2.13. The Bertz CT molecular complexity index is 411. The summed E-state index contributed by atoms with van der Waals surface area (Å²) in [5.41, 5.74) is 11.5. The molecule has 0 fully saturated rings. The van der Waals surface area contributed by atoms with E-state index in [-0.39, 0.29) is 18.3 Å². The molecule has 0 saturated carbocycles. The molecular weight excluding hydrogens is 290 g/mol. The fourth-order valence-electron chi connectivity index (χ4n) is 1.92. The maximum absolute atomic E-state index is 12.4. The quantitative estimate of drug-likeness (QED) is 0.455. The van der Waals surface area contributed by atoms with Crippen LogP contribution in [-0.4, -0.2) is 57.6 Å². The van der Waals surface area contributed by atoms with E-state index in [1.807, 2.05) is 13.8 Å². The molecule has 0 aliphatic heterocycles. The van der Waals surface area contributed by atoms with Crippen molar-refractivity contribution >= 4 is 17.8 Å². The molecule has 0 radical (unpaired) electrons. The van der Waals surface area contributed by atoms with Gasteiger partial charge < -0.3 is 21.7 Å². The minimum atomic E-state index is -1.69. The van der Waals surface area contributed by atoms with Crippen LogP contribution in [0.25, 0.3) is 0 Å². The Labute approximate surface area is 130 Å². The van der Waals surface area contributed by atoms with Gasteiger partial charge in [-0.25, -0.2) is 4.79 Å². The first-order valence-electron chi connectivity index (χ1n) is 7.26. The number of carbonyl (C=O) groups excluding carboxylic acids is 2. The molecule has 0 bridgehead atoms. The number of carboxylic acids is 1.